The second kappa shape index (κ2) is 7.48. The summed E-state index contributed by atoms with van der Waals surface area (Å²) in [5.41, 5.74) is -0.0493. The smallest absolute Gasteiger partial charge is 0.410 e. The molecule has 0 bridgehead atoms. The van der Waals surface area contributed by atoms with E-state index in [0.29, 0.717) is 32.7 Å². The van der Waals surface area contributed by atoms with Crippen molar-refractivity contribution in [3.63, 3.8) is 0 Å². The van der Waals surface area contributed by atoms with Gasteiger partial charge < -0.3 is 14.7 Å². The zero-order chi connectivity index (χ0) is 18.9. The minimum atomic E-state index is -0.963. The number of carbonyl (C=O) groups is 2. The molecule has 2 atom stereocenters. The molecule has 4 rings (SSSR count). The molecule has 3 heterocycles. The Bertz CT molecular complexity index is 692. The molecule has 0 unspecified atom stereocenters. The number of benzene rings is 1. The summed E-state index contributed by atoms with van der Waals surface area (Å²) in [7, 11) is 0. The number of piperidine rings is 1. The number of carbonyl (C=O) groups excluding carboxylic acids is 2. The molecule has 27 heavy (non-hydrogen) atoms. The van der Waals surface area contributed by atoms with Crippen LogP contribution in [-0.4, -0.2) is 83.7 Å². The van der Waals surface area contributed by atoms with Crippen molar-refractivity contribution >= 4 is 12.0 Å². The van der Waals surface area contributed by atoms with E-state index in [-0.39, 0.29) is 18.5 Å². The van der Waals surface area contributed by atoms with E-state index >= 15 is 0 Å². The second-order valence-electron chi connectivity index (χ2n) is 7.67. The molecule has 0 saturated carbocycles. The Morgan fingerprint density at radius 2 is 1.89 bits per heavy atom. The molecule has 1 aromatic rings. The summed E-state index contributed by atoms with van der Waals surface area (Å²) in [6, 6.07) is 9.66. The summed E-state index contributed by atoms with van der Waals surface area (Å²) in [6.07, 6.45) is 2.32. The lowest BCUT2D eigenvalue weighted by atomic mass is 9.79. The molecular formula is C20H27N3O4. The van der Waals surface area contributed by atoms with E-state index in [1.807, 2.05) is 30.3 Å². The Hall–Kier alpha value is -2.12. The summed E-state index contributed by atoms with van der Waals surface area (Å²) < 4.78 is 4.92. The number of hydrogen-bond donors (Lipinski definition) is 1. The minimum absolute atomic E-state index is 0.0509. The largest absolute Gasteiger partial charge is 0.448 e. The predicted octanol–water partition coefficient (Wildman–Crippen LogP) is 1.02. The first-order valence-corrected chi connectivity index (χ1v) is 9.79. The topological polar surface area (TPSA) is 73.3 Å². The Kier molecular flexibility index (Phi) is 5.06. The third-order valence-corrected chi connectivity index (χ3v) is 6.09. The molecule has 7 heteroatoms. The molecule has 0 aromatic heterocycles. The van der Waals surface area contributed by atoms with Crippen molar-refractivity contribution in [3.8, 4) is 0 Å². The highest BCUT2D eigenvalue weighted by Crippen LogP contribution is 2.37. The standard InChI is InChI=1S/C20H27N3O4/c24-18(15-23-12-13-27-19(23)25)22-11-8-20(26,16-6-2-1-3-7-16)17(14-22)21-9-4-5-10-21/h1-3,6-7,17,26H,4-5,8-15H2/t17-,20+/m1/s1. The summed E-state index contributed by atoms with van der Waals surface area (Å²) in [4.78, 5) is 30.0. The summed E-state index contributed by atoms with van der Waals surface area (Å²) in [6.45, 7) is 3.71. The normalized spacial score (nSPS) is 29.2. The number of rotatable bonds is 4. The van der Waals surface area contributed by atoms with Crippen LogP contribution in [0.2, 0.25) is 0 Å². The molecule has 3 saturated heterocycles. The predicted molar refractivity (Wildman–Crippen MR) is 99.1 cm³/mol. The highest BCUT2D eigenvalue weighted by molar-refractivity contribution is 5.83. The van der Waals surface area contributed by atoms with E-state index in [4.69, 9.17) is 4.74 Å². The van der Waals surface area contributed by atoms with Crippen molar-refractivity contribution < 1.29 is 19.4 Å². The number of cyclic esters (lactones) is 1. The summed E-state index contributed by atoms with van der Waals surface area (Å²) in [5, 5.41) is 11.6. The van der Waals surface area contributed by atoms with Crippen LogP contribution in [0, 0.1) is 0 Å². The van der Waals surface area contributed by atoms with Crippen LogP contribution < -0.4 is 0 Å². The van der Waals surface area contributed by atoms with Gasteiger partial charge in [0.15, 0.2) is 0 Å². The molecule has 2 amide bonds. The fourth-order valence-corrected chi connectivity index (χ4v) is 4.52. The molecule has 0 aliphatic carbocycles. The Morgan fingerprint density at radius 3 is 2.56 bits per heavy atom. The number of hydrogen-bond acceptors (Lipinski definition) is 5. The quantitative estimate of drug-likeness (QED) is 0.853. The lowest BCUT2D eigenvalue weighted by Gasteiger charge is -2.48. The molecule has 1 aromatic carbocycles. The summed E-state index contributed by atoms with van der Waals surface area (Å²) >= 11 is 0. The molecule has 3 aliphatic rings. The zero-order valence-electron chi connectivity index (χ0n) is 15.5. The molecule has 0 spiro atoms. The van der Waals surface area contributed by atoms with Crippen molar-refractivity contribution in [2.75, 3.05) is 45.9 Å². The van der Waals surface area contributed by atoms with Gasteiger partial charge in [-0.15, -0.1) is 0 Å². The number of ether oxygens (including phenoxy) is 1. The molecular weight excluding hydrogens is 346 g/mol. The van der Waals surface area contributed by atoms with Crippen LogP contribution in [0.25, 0.3) is 0 Å². The second-order valence-corrected chi connectivity index (χ2v) is 7.67. The number of likely N-dealkylation sites (tertiary alicyclic amines) is 2. The highest BCUT2D eigenvalue weighted by Gasteiger charge is 2.47. The third kappa shape index (κ3) is 3.53. The van der Waals surface area contributed by atoms with Crippen LogP contribution in [0.4, 0.5) is 4.79 Å². The molecule has 3 fully saturated rings. The number of amides is 2. The molecule has 3 aliphatic heterocycles. The first kappa shape index (κ1) is 18.3. The number of nitrogens with zero attached hydrogens (tertiary/aromatic N) is 3. The fourth-order valence-electron chi connectivity index (χ4n) is 4.52. The average molecular weight is 373 g/mol. The average Bonchev–Trinajstić information content (AvgIpc) is 3.35. The zero-order valence-corrected chi connectivity index (χ0v) is 15.5. The van der Waals surface area contributed by atoms with E-state index in [0.717, 1.165) is 31.5 Å². The lowest BCUT2D eigenvalue weighted by Crippen LogP contribution is -2.61. The van der Waals surface area contributed by atoms with Crippen molar-refractivity contribution in [1.82, 2.24) is 14.7 Å². The van der Waals surface area contributed by atoms with Gasteiger partial charge in [0, 0.05) is 13.1 Å². The van der Waals surface area contributed by atoms with Crippen LogP contribution in [0.1, 0.15) is 24.8 Å². The maximum atomic E-state index is 12.8. The first-order valence-electron chi connectivity index (χ1n) is 9.79. The van der Waals surface area contributed by atoms with Crippen LogP contribution in [-0.2, 0) is 15.1 Å². The van der Waals surface area contributed by atoms with Gasteiger partial charge in [0.1, 0.15) is 18.8 Å². The molecule has 146 valence electrons. The SMILES string of the molecule is O=C(CN1CCOC1=O)N1CC[C@](O)(c2ccccc2)[C@H](N2CCCC2)C1. The van der Waals surface area contributed by atoms with Crippen LogP contribution in [0.5, 0.6) is 0 Å². The van der Waals surface area contributed by atoms with Crippen molar-refractivity contribution in [3.05, 3.63) is 35.9 Å². The van der Waals surface area contributed by atoms with Gasteiger partial charge in [0.2, 0.25) is 5.91 Å². The van der Waals surface area contributed by atoms with Crippen LogP contribution in [0.3, 0.4) is 0 Å². The Labute approximate surface area is 159 Å². The maximum Gasteiger partial charge on any atom is 0.410 e. The van der Waals surface area contributed by atoms with Gasteiger partial charge in [0.25, 0.3) is 0 Å². The summed E-state index contributed by atoms with van der Waals surface area (Å²) in [5.74, 6) is -0.0758. The highest BCUT2D eigenvalue weighted by atomic mass is 16.6. The first-order chi connectivity index (χ1) is 13.1. The van der Waals surface area contributed by atoms with Gasteiger partial charge in [-0.25, -0.2) is 4.79 Å². The fraction of sp³-hybridized carbons (Fsp3) is 0.600. The molecule has 0 radical (unpaired) electrons. The Morgan fingerprint density at radius 1 is 1.15 bits per heavy atom. The molecule has 7 nitrogen and oxygen atoms in total. The van der Waals surface area contributed by atoms with Crippen molar-refractivity contribution in [1.29, 1.82) is 0 Å². The lowest BCUT2D eigenvalue weighted by molar-refractivity contribution is -0.143. The van der Waals surface area contributed by atoms with Crippen molar-refractivity contribution in [2.24, 2.45) is 0 Å². The Balaban J connectivity index is 1.52. The van der Waals surface area contributed by atoms with Gasteiger partial charge in [-0.05, 0) is 37.9 Å². The van der Waals surface area contributed by atoms with Crippen LogP contribution in [0.15, 0.2) is 30.3 Å². The maximum absolute atomic E-state index is 12.8. The van der Waals surface area contributed by atoms with E-state index in [2.05, 4.69) is 4.90 Å². The van der Waals surface area contributed by atoms with E-state index in [1.54, 1.807) is 4.90 Å². The van der Waals surface area contributed by atoms with E-state index in [9.17, 15) is 14.7 Å². The van der Waals surface area contributed by atoms with Gasteiger partial charge in [0.05, 0.1) is 12.6 Å². The number of aliphatic hydroxyl groups is 1. The minimum Gasteiger partial charge on any atom is -0.448 e. The monoisotopic (exact) mass is 373 g/mol. The molecule has 1 N–H and O–H groups in total. The van der Waals surface area contributed by atoms with Crippen molar-refractivity contribution in [2.45, 2.75) is 30.9 Å². The van der Waals surface area contributed by atoms with Gasteiger partial charge in [-0.2, -0.15) is 0 Å². The van der Waals surface area contributed by atoms with Crippen LogP contribution >= 0.6 is 0 Å². The van der Waals surface area contributed by atoms with Gasteiger partial charge in [-0.3, -0.25) is 14.6 Å². The van der Waals surface area contributed by atoms with Gasteiger partial charge in [-0.1, -0.05) is 30.3 Å². The van der Waals surface area contributed by atoms with E-state index < -0.39 is 11.7 Å². The van der Waals surface area contributed by atoms with Gasteiger partial charge >= 0.3 is 6.09 Å². The third-order valence-electron chi connectivity index (χ3n) is 6.09. The van der Waals surface area contributed by atoms with E-state index in [1.165, 1.54) is 4.90 Å².